The Bertz CT molecular complexity index is 344. The van der Waals surface area contributed by atoms with Gasteiger partial charge in [0.15, 0.2) is 24.1 Å². The lowest BCUT2D eigenvalue weighted by Crippen LogP contribution is -1.92. The van der Waals surface area contributed by atoms with Gasteiger partial charge in [0.2, 0.25) is 0 Å². The Morgan fingerprint density at radius 1 is 1.46 bits per heavy atom. The van der Waals surface area contributed by atoms with Crippen molar-refractivity contribution in [3.05, 3.63) is 23.3 Å². The smallest absolute Gasteiger partial charge is 0.169 e. The van der Waals surface area contributed by atoms with Crippen molar-refractivity contribution in [2.75, 3.05) is 7.11 Å². The Balaban J connectivity index is 3.36. The second kappa shape index (κ2) is 3.71. The Hall–Kier alpha value is -1.84. The first-order chi connectivity index (χ1) is 6.22. The molecule has 0 atom stereocenters. The van der Waals surface area contributed by atoms with Gasteiger partial charge >= 0.3 is 0 Å². The molecule has 67 valence electrons. The second-order valence-electron chi connectivity index (χ2n) is 2.29. The average Bonchev–Trinajstić information content (AvgIpc) is 2.18. The van der Waals surface area contributed by atoms with Crippen LogP contribution in [0, 0.1) is 6.07 Å². The van der Waals surface area contributed by atoms with E-state index in [1.165, 1.54) is 13.2 Å². The van der Waals surface area contributed by atoms with E-state index in [1.54, 1.807) is 0 Å². The molecule has 0 unspecified atom stereocenters. The largest absolute Gasteiger partial charge is 0.504 e. The Morgan fingerprint density at radius 3 is 2.62 bits per heavy atom. The molecule has 0 saturated heterocycles. The maximum atomic E-state index is 10.4. The number of methoxy groups -OCH3 is 1. The number of benzene rings is 1. The van der Waals surface area contributed by atoms with Gasteiger partial charge in [0, 0.05) is 11.6 Å². The number of rotatable bonds is 3. The Labute approximate surface area is 74.8 Å². The molecule has 0 spiro atoms. The van der Waals surface area contributed by atoms with Crippen molar-refractivity contribution in [3.8, 4) is 11.5 Å². The molecule has 1 aromatic carbocycles. The molecule has 0 aliphatic rings. The standard InChI is InChI=1S/C9H7O4/c1-13-8-3-6(4-10)2-7(5-11)9(8)12/h3-5,12H,1H3. The van der Waals surface area contributed by atoms with Crippen molar-refractivity contribution in [3.63, 3.8) is 0 Å². The Morgan fingerprint density at radius 2 is 2.15 bits per heavy atom. The van der Waals surface area contributed by atoms with Gasteiger partial charge in [-0.25, -0.2) is 0 Å². The van der Waals surface area contributed by atoms with Gasteiger partial charge in [0.1, 0.15) is 0 Å². The van der Waals surface area contributed by atoms with Crippen molar-refractivity contribution in [1.82, 2.24) is 0 Å². The highest BCUT2D eigenvalue weighted by Crippen LogP contribution is 2.29. The van der Waals surface area contributed by atoms with E-state index in [-0.39, 0.29) is 22.6 Å². The molecule has 1 N–H and O–H groups in total. The first-order valence-electron chi connectivity index (χ1n) is 3.46. The molecular formula is C9H7O4. The van der Waals surface area contributed by atoms with Gasteiger partial charge in [-0.1, -0.05) is 0 Å². The third kappa shape index (κ3) is 1.66. The number of phenols is 1. The van der Waals surface area contributed by atoms with E-state index in [0.717, 1.165) is 0 Å². The van der Waals surface area contributed by atoms with Crippen molar-refractivity contribution < 1.29 is 19.4 Å². The molecule has 0 fully saturated rings. The van der Waals surface area contributed by atoms with Gasteiger partial charge in [-0.3, -0.25) is 9.59 Å². The van der Waals surface area contributed by atoms with E-state index >= 15 is 0 Å². The van der Waals surface area contributed by atoms with Gasteiger partial charge < -0.3 is 9.84 Å². The minimum atomic E-state index is -0.303. The zero-order chi connectivity index (χ0) is 9.84. The molecule has 0 saturated carbocycles. The van der Waals surface area contributed by atoms with Crippen LogP contribution in [0.5, 0.6) is 11.5 Å². The third-order valence-electron chi connectivity index (χ3n) is 1.52. The van der Waals surface area contributed by atoms with Crippen LogP contribution in [0.15, 0.2) is 6.07 Å². The molecular weight excluding hydrogens is 172 g/mol. The zero-order valence-corrected chi connectivity index (χ0v) is 6.90. The van der Waals surface area contributed by atoms with Crippen molar-refractivity contribution in [1.29, 1.82) is 0 Å². The molecule has 0 amide bonds. The molecule has 1 rings (SSSR count). The molecule has 0 aromatic heterocycles. The van der Waals surface area contributed by atoms with Crippen molar-refractivity contribution in [2.24, 2.45) is 0 Å². The number of carbonyl (C=O) groups excluding carboxylic acids is 2. The zero-order valence-electron chi connectivity index (χ0n) is 6.90. The molecule has 4 heteroatoms. The number of ether oxygens (including phenoxy) is 1. The van der Waals surface area contributed by atoms with E-state index in [9.17, 15) is 14.7 Å². The van der Waals surface area contributed by atoms with E-state index < -0.39 is 0 Å². The fraction of sp³-hybridized carbons (Fsp3) is 0.111. The summed E-state index contributed by atoms with van der Waals surface area (Å²) in [6.07, 6.45) is 0.930. The van der Waals surface area contributed by atoms with E-state index in [2.05, 4.69) is 6.07 Å². The summed E-state index contributed by atoms with van der Waals surface area (Å²) in [5.74, 6) is -0.217. The number of aromatic hydroxyl groups is 1. The fourth-order valence-electron chi connectivity index (χ4n) is 0.897. The first-order valence-corrected chi connectivity index (χ1v) is 3.46. The Kier molecular flexibility index (Phi) is 2.64. The monoisotopic (exact) mass is 179 g/mol. The van der Waals surface area contributed by atoms with Gasteiger partial charge in [-0.2, -0.15) is 0 Å². The summed E-state index contributed by atoms with van der Waals surface area (Å²) in [6.45, 7) is 0. The normalized spacial score (nSPS) is 9.31. The number of hydrogen-bond donors (Lipinski definition) is 1. The highest BCUT2D eigenvalue weighted by Gasteiger charge is 2.09. The summed E-state index contributed by atoms with van der Waals surface area (Å²) in [6, 6.07) is 3.72. The number of hydrogen-bond acceptors (Lipinski definition) is 4. The van der Waals surface area contributed by atoms with Gasteiger partial charge in [-0.15, -0.1) is 0 Å². The van der Waals surface area contributed by atoms with Crippen LogP contribution in [0.25, 0.3) is 0 Å². The maximum absolute atomic E-state index is 10.4. The minimum absolute atomic E-state index is 0.0820. The molecule has 13 heavy (non-hydrogen) atoms. The average molecular weight is 179 g/mol. The van der Waals surface area contributed by atoms with Crippen LogP contribution in [-0.2, 0) is 0 Å². The lowest BCUT2D eigenvalue weighted by Gasteiger charge is -2.04. The number of aldehydes is 2. The van der Waals surface area contributed by atoms with Gasteiger partial charge in [0.25, 0.3) is 0 Å². The third-order valence-corrected chi connectivity index (χ3v) is 1.52. The molecule has 4 nitrogen and oxygen atoms in total. The lowest BCUT2D eigenvalue weighted by atomic mass is 10.1. The summed E-state index contributed by atoms with van der Waals surface area (Å²) in [5, 5.41) is 9.31. The second-order valence-corrected chi connectivity index (χ2v) is 2.29. The van der Waals surface area contributed by atoms with Crippen LogP contribution in [0.2, 0.25) is 0 Å². The molecule has 1 radical (unpaired) electrons. The minimum Gasteiger partial charge on any atom is -0.504 e. The van der Waals surface area contributed by atoms with Crippen LogP contribution < -0.4 is 4.74 Å². The predicted octanol–water partition coefficient (Wildman–Crippen LogP) is 0.826. The van der Waals surface area contributed by atoms with E-state index in [0.29, 0.717) is 12.6 Å². The number of phenolic OH excluding ortho intramolecular Hbond substituents is 1. The summed E-state index contributed by atoms with van der Waals surface area (Å²) in [7, 11) is 1.33. The van der Waals surface area contributed by atoms with Crippen LogP contribution in [0.4, 0.5) is 0 Å². The molecule has 0 bridgehead atoms. The van der Waals surface area contributed by atoms with Crippen molar-refractivity contribution in [2.45, 2.75) is 0 Å². The SMILES string of the molecule is COc1cc(C=O)[c]c(C=O)c1O. The van der Waals surface area contributed by atoms with Crippen LogP contribution >= 0.6 is 0 Å². The van der Waals surface area contributed by atoms with Crippen LogP contribution in [-0.4, -0.2) is 24.8 Å². The summed E-state index contributed by atoms with van der Waals surface area (Å²) < 4.78 is 4.74. The van der Waals surface area contributed by atoms with Gasteiger partial charge in [0.05, 0.1) is 12.7 Å². The fourth-order valence-corrected chi connectivity index (χ4v) is 0.897. The van der Waals surface area contributed by atoms with Gasteiger partial charge in [-0.05, 0) is 6.07 Å². The maximum Gasteiger partial charge on any atom is 0.169 e. The molecule has 0 heterocycles. The van der Waals surface area contributed by atoms with E-state index in [1.807, 2.05) is 0 Å². The van der Waals surface area contributed by atoms with Crippen LogP contribution in [0.1, 0.15) is 20.7 Å². The highest BCUT2D eigenvalue weighted by molar-refractivity contribution is 5.86. The topological polar surface area (TPSA) is 63.6 Å². The number of carbonyl (C=O) groups is 2. The molecule has 0 aliphatic heterocycles. The highest BCUT2D eigenvalue weighted by atomic mass is 16.5. The summed E-state index contributed by atoms with van der Waals surface area (Å²) >= 11 is 0. The summed E-state index contributed by atoms with van der Waals surface area (Å²) in [5.41, 5.74) is 0.0817. The van der Waals surface area contributed by atoms with Crippen molar-refractivity contribution >= 4 is 12.6 Å². The quantitative estimate of drug-likeness (QED) is 0.698. The lowest BCUT2D eigenvalue weighted by molar-refractivity contribution is 0.112. The predicted molar refractivity (Wildman–Crippen MR) is 44.3 cm³/mol. The van der Waals surface area contributed by atoms with E-state index in [4.69, 9.17) is 4.74 Å². The first kappa shape index (κ1) is 9.25. The molecule has 1 aromatic rings. The molecule has 0 aliphatic carbocycles. The van der Waals surface area contributed by atoms with Crippen LogP contribution in [0.3, 0.4) is 0 Å². The summed E-state index contributed by atoms with van der Waals surface area (Å²) in [4.78, 5) is 20.8.